The van der Waals surface area contributed by atoms with Crippen LogP contribution in [0.4, 0.5) is 0 Å². The number of carbonyl (C=O) groups is 4. The molecule has 0 aromatic heterocycles. The molecule has 2 unspecified atom stereocenters. The van der Waals surface area contributed by atoms with Crippen molar-refractivity contribution in [2.75, 3.05) is 39.6 Å². The SMILES string of the molecule is CCCCCCCCCCCCCCCCCCCCCCCCC(=O)O[C@H](COC(=O)CCCCCCCCCCCCCCCCCCCCC)COP(=O)(O)OC[C@@H](O)COP(=O)(O)OC[C@@H](COC(=O)CCCCCCCCCCCC)OC(=O)CCCCCCCCCCCCCCCCC. The van der Waals surface area contributed by atoms with Gasteiger partial charge in [0, 0.05) is 25.7 Å². The summed E-state index contributed by atoms with van der Waals surface area (Å²) in [5.74, 6) is -2.10. The number of ether oxygens (including phenoxy) is 4. The summed E-state index contributed by atoms with van der Waals surface area (Å²) in [6.45, 7) is 5.05. The Hall–Kier alpha value is -1.94. The molecule has 0 radical (unpaired) electrons. The maximum Gasteiger partial charge on any atom is 0.472 e. The molecular formula is C87H170O17P2. The molecule has 0 fully saturated rings. The van der Waals surface area contributed by atoms with Gasteiger partial charge in [0.2, 0.25) is 0 Å². The fourth-order valence-electron chi connectivity index (χ4n) is 13.7. The van der Waals surface area contributed by atoms with Crippen molar-refractivity contribution >= 4 is 39.5 Å². The molecule has 0 heterocycles. The van der Waals surface area contributed by atoms with Crippen LogP contribution >= 0.6 is 15.6 Å². The van der Waals surface area contributed by atoms with Crippen LogP contribution in [0.2, 0.25) is 0 Å². The predicted octanol–water partition coefficient (Wildman–Crippen LogP) is 26.9. The molecule has 0 aliphatic heterocycles. The molecule has 630 valence electrons. The highest BCUT2D eigenvalue weighted by Gasteiger charge is 2.30. The number of aliphatic hydroxyl groups is 1. The second kappa shape index (κ2) is 81.1. The molecule has 0 bridgehead atoms. The van der Waals surface area contributed by atoms with Crippen molar-refractivity contribution in [2.45, 2.75) is 495 Å². The molecule has 0 aliphatic carbocycles. The summed E-state index contributed by atoms with van der Waals surface area (Å²) < 4.78 is 68.9. The maximum absolute atomic E-state index is 13.2. The highest BCUT2D eigenvalue weighted by atomic mass is 31.2. The van der Waals surface area contributed by atoms with Gasteiger partial charge < -0.3 is 33.8 Å². The topological polar surface area (TPSA) is 237 Å². The van der Waals surface area contributed by atoms with Crippen LogP contribution in [0.15, 0.2) is 0 Å². The van der Waals surface area contributed by atoms with E-state index in [0.29, 0.717) is 25.7 Å². The lowest BCUT2D eigenvalue weighted by Gasteiger charge is -2.21. The van der Waals surface area contributed by atoms with Crippen molar-refractivity contribution in [1.82, 2.24) is 0 Å². The molecule has 3 N–H and O–H groups in total. The predicted molar refractivity (Wildman–Crippen MR) is 437 cm³/mol. The van der Waals surface area contributed by atoms with Gasteiger partial charge in [-0.15, -0.1) is 0 Å². The molecule has 5 atom stereocenters. The molecule has 0 rings (SSSR count). The molecule has 17 nitrogen and oxygen atoms in total. The summed E-state index contributed by atoms with van der Waals surface area (Å²) in [4.78, 5) is 73.2. The van der Waals surface area contributed by atoms with Crippen molar-refractivity contribution in [3.05, 3.63) is 0 Å². The Morgan fingerprint density at radius 3 is 0.557 bits per heavy atom. The summed E-state index contributed by atoms with van der Waals surface area (Å²) in [7, 11) is -9.92. The number of esters is 4. The Morgan fingerprint density at radius 1 is 0.226 bits per heavy atom. The summed E-state index contributed by atoms with van der Waals surface area (Å²) in [5, 5.41) is 10.7. The van der Waals surface area contributed by atoms with E-state index in [9.17, 15) is 43.2 Å². The quantitative estimate of drug-likeness (QED) is 0.0222. The van der Waals surface area contributed by atoms with Gasteiger partial charge in [-0.25, -0.2) is 9.13 Å². The summed E-state index contributed by atoms with van der Waals surface area (Å²) in [5.41, 5.74) is 0. The Morgan fingerprint density at radius 2 is 0.377 bits per heavy atom. The minimum absolute atomic E-state index is 0.109. The number of hydrogen-bond donors (Lipinski definition) is 3. The molecule has 0 amide bonds. The minimum Gasteiger partial charge on any atom is -0.462 e. The Bertz CT molecular complexity index is 2000. The zero-order valence-corrected chi connectivity index (χ0v) is 71.2. The number of unbranched alkanes of at least 4 members (excludes halogenated alkanes) is 62. The second-order valence-corrected chi connectivity index (χ2v) is 34.2. The number of hydrogen-bond acceptors (Lipinski definition) is 15. The van der Waals surface area contributed by atoms with Gasteiger partial charge in [-0.3, -0.25) is 37.3 Å². The number of phosphoric acid groups is 2. The number of phosphoric ester groups is 2. The van der Waals surface area contributed by atoms with E-state index in [4.69, 9.17) is 37.0 Å². The van der Waals surface area contributed by atoms with Crippen molar-refractivity contribution in [3.8, 4) is 0 Å². The maximum atomic E-state index is 13.2. The van der Waals surface area contributed by atoms with Gasteiger partial charge in [-0.05, 0) is 25.7 Å². The average molecular weight is 1550 g/mol. The first kappa shape index (κ1) is 104. The molecule has 19 heteroatoms. The van der Waals surface area contributed by atoms with Gasteiger partial charge >= 0.3 is 39.5 Å². The monoisotopic (exact) mass is 1550 g/mol. The Balaban J connectivity index is 5.21. The van der Waals surface area contributed by atoms with E-state index in [2.05, 4.69) is 27.7 Å². The standard InChI is InChI=1S/C87H170O17P2/c1-5-9-13-17-21-25-29-32-35-37-39-40-41-43-45-48-51-54-58-62-66-70-74-87(92)104-83(78-98-85(90)72-68-64-60-56-52-49-47-44-42-38-36-33-30-26-22-18-14-10-6-2)80-102-106(95,96)100-76-81(88)75-99-105(93,94)101-79-82(77-97-84(89)71-67-63-59-55-28-24-20-16-12-8-4)103-86(91)73-69-65-61-57-53-50-46-34-31-27-23-19-15-11-7-3/h81-83,88H,5-80H2,1-4H3,(H,93,94)(H,95,96)/t81-,82+,83+/m0/s1. The van der Waals surface area contributed by atoms with Crippen molar-refractivity contribution in [1.29, 1.82) is 0 Å². The van der Waals surface area contributed by atoms with Crippen LogP contribution in [0, 0.1) is 0 Å². The largest absolute Gasteiger partial charge is 0.472 e. The van der Waals surface area contributed by atoms with Crippen molar-refractivity contribution < 1.29 is 80.2 Å². The van der Waals surface area contributed by atoms with E-state index in [1.165, 1.54) is 308 Å². The third-order valence-electron chi connectivity index (χ3n) is 20.6. The third kappa shape index (κ3) is 80.1. The second-order valence-electron chi connectivity index (χ2n) is 31.3. The fraction of sp³-hybridized carbons (Fsp3) is 0.954. The van der Waals surface area contributed by atoms with Crippen LogP contribution in [0.5, 0.6) is 0 Å². The molecule has 0 saturated carbocycles. The average Bonchev–Trinajstić information content (AvgIpc) is 0.922. The molecule has 0 aromatic rings. The molecular weight excluding hydrogens is 1380 g/mol. The number of carbonyl (C=O) groups excluding carboxylic acids is 4. The van der Waals surface area contributed by atoms with Crippen LogP contribution < -0.4 is 0 Å². The summed E-state index contributed by atoms with van der Waals surface area (Å²) in [6, 6.07) is 0. The molecule has 0 spiro atoms. The van der Waals surface area contributed by atoms with E-state index < -0.39 is 97.5 Å². The normalized spacial score (nSPS) is 13.7. The molecule has 106 heavy (non-hydrogen) atoms. The van der Waals surface area contributed by atoms with Gasteiger partial charge in [-0.2, -0.15) is 0 Å². The van der Waals surface area contributed by atoms with E-state index in [-0.39, 0.29) is 25.7 Å². The van der Waals surface area contributed by atoms with Crippen LogP contribution in [-0.2, 0) is 65.4 Å². The van der Waals surface area contributed by atoms with E-state index in [0.717, 1.165) is 89.9 Å². The molecule has 0 saturated heterocycles. The highest BCUT2D eigenvalue weighted by Crippen LogP contribution is 2.45. The van der Waals surface area contributed by atoms with Gasteiger partial charge in [0.25, 0.3) is 0 Å². The van der Waals surface area contributed by atoms with Crippen LogP contribution in [0.25, 0.3) is 0 Å². The van der Waals surface area contributed by atoms with Crippen LogP contribution in [-0.4, -0.2) is 96.7 Å². The first-order valence-corrected chi connectivity index (χ1v) is 48.3. The van der Waals surface area contributed by atoms with Crippen LogP contribution in [0.3, 0.4) is 0 Å². The first-order chi connectivity index (χ1) is 51.7. The lowest BCUT2D eigenvalue weighted by molar-refractivity contribution is -0.161. The number of aliphatic hydroxyl groups excluding tert-OH is 1. The van der Waals surface area contributed by atoms with E-state index >= 15 is 0 Å². The van der Waals surface area contributed by atoms with E-state index in [1.54, 1.807) is 0 Å². The van der Waals surface area contributed by atoms with Crippen molar-refractivity contribution in [3.63, 3.8) is 0 Å². The van der Waals surface area contributed by atoms with Crippen molar-refractivity contribution in [2.24, 2.45) is 0 Å². The minimum atomic E-state index is -4.97. The first-order valence-electron chi connectivity index (χ1n) is 45.3. The lowest BCUT2D eigenvalue weighted by atomic mass is 10.0. The Labute approximate surface area is 651 Å². The smallest absolute Gasteiger partial charge is 0.462 e. The lowest BCUT2D eigenvalue weighted by Crippen LogP contribution is -2.30. The zero-order chi connectivity index (χ0) is 77.4. The van der Waals surface area contributed by atoms with Gasteiger partial charge in [0.1, 0.15) is 19.3 Å². The molecule has 0 aliphatic rings. The van der Waals surface area contributed by atoms with Gasteiger partial charge in [-0.1, -0.05) is 426 Å². The summed E-state index contributed by atoms with van der Waals surface area (Å²) in [6.07, 6.45) is 76.5. The van der Waals surface area contributed by atoms with Gasteiger partial charge in [0.15, 0.2) is 12.2 Å². The highest BCUT2D eigenvalue weighted by molar-refractivity contribution is 7.47. The number of rotatable bonds is 88. The van der Waals surface area contributed by atoms with Gasteiger partial charge in [0.05, 0.1) is 26.4 Å². The van der Waals surface area contributed by atoms with E-state index in [1.807, 2.05) is 0 Å². The zero-order valence-electron chi connectivity index (χ0n) is 69.4. The molecule has 0 aromatic carbocycles. The fourth-order valence-corrected chi connectivity index (χ4v) is 15.3. The summed E-state index contributed by atoms with van der Waals surface area (Å²) >= 11 is 0. The Kier molecular flexibility index (Phi) is 79.6. The van der Waals surface area contributed by atoms with Crippen LogP contribution in [0.1, 0.15) is 477 Å². The third-order valence-corrected chi connectivity index (χ3v) is 22.5.